The Labute approximate surface area is 146 Å². The molecule has 1 aromatic rings. The van der Waals surface area contributed by atoms with Crippen LogP contribution in [0.5, 0.6) is 0 Å². The van der Waals surface area contributed by atoms with Crippen molar-refractivity contribution in [1.29, 1.82) is 0 Å². The van der Waals surface area contributed by atoms with Gasteiger partial charge in [0, 0.05) is 4.90 Å². The third-order valence-electron chi connectivity index (χ3n) is 3.19. The van der Waals surface area contributed by atoms with Crippen molar-refractivity contribution in [3.63, 3.8) is 0 Å². The second-order valence-electron chi connectivity index (χ2n) is 5.58. The van der Waals surface area contributed by atoms with Crippen LogP contribution < -0.4 is 5.32 Å². The van der Waals surface area contributed by atoms with E-state index in [-0.39, 0.29) is 5.92 Å². The topological polar surface area (TPSA) is 81.7 Å². The number of esters is 2. The fourth-order valence-electron chi connectivity index (χ4n) is 2.01. The molecule has 0 aliphatic rings. The van der Waals surface area contributed by atoms with Gasteiger partial charge in [-0.3, -0.25) is 4.79 Å². The van der Waals surface area contributed by atoms with E-state index in [9.17, 15) is 14.4 Å². The molecule has 0 aliphatic carbocycles. The lowest BCUT2D eigenvalue weighted by Gasteiger charge is -2.18. The summed E-state index contributed by atoms with van der Waals surface area (Å²) in [5.74, 6) is -1.45. The second-order valence-corrected chi connectivity index (χ2v) is 6.46. The molecule has 6 nitrogen and oxygen atoms in total. The molecule has 0 aliphatic heterocycles. The predicted molar refractivity (Wildman–Crippen MR) is 91.9 cm³/mol. The number of hydrogen-bond donors (Lipinski definition) is 1. The average Bonchev–Trinajstić information content (AvgIpc) is 2.58. The van der Waals surface area contributed by atoms with Gasteiger partial charge in [-0.2, -0.15) is 0 Å². The first-order valence-electron chi connectivity index (χ1n) is 7.55. The highest BCUT2D eigenvalue weighted by atomic mass is 32.2. The summed E-state index contributed by atoms with van der Waals surface area (Å²) in [4.78, 5) is 36.5. The Balaban J connectivity index is 2.53. The number of hydrogen-bond acceptors (Lipinski definition) is 6. The molecule has 7 heteroatoms. The van der Waals surface area contributed by atoms with Gasteiger partial charge >= 0.3 is 11.9 Å². The molecule has 0 saturated carbocycles. The lowest BCUT2D eigenvalue weighted by atomic mass is 10.0. The van der Waals surface area contributed by atoms with Crippen LogP contribution in [0.3, 0.4) is 0 Å². The highest BCUT2D eigenvalue weighted by Gasteiger charge is 2.23. The Morgan fingerprint density at radius 1 is 1.17 bits per heavy atom. The van der Waals surface area contributed by atoms with Crippen LogP contribution in [0.1, 0.15) is 30.6 Å². The maximum Gasteiger partial charge on any atom is 0.338 e. The quantitative estimate of drug-likeness (QED) is 0.570. The Morgan fingerprint density at radius 2 is 1.79 bits per heavy atom. The van der Waals surface area contributed by atoms with Gasteiger partial charge in [0.25, 0.3) is 5.91 Å². The van der Waals surface area contributed by atoms with Gasteiger partial charge in [-0.05, 0) is 42.9 Å². The number of thioether (sulfide) groups is 1. The highest BCUT2D eigenvalue weighted by Crippen LogP contribution is 2.15. The molecule has 132 valence electrons. The average molecular weight is 353 g/mol. The molecule has 0 unspecified atom stereocenters. The molecule has 1 aromatic carbocycles. The van der Waals surface area contributed by atoms with E-state index in [0.29, 0.717) is 12.0 Å². The van der Waals surface area contributed by atoms with E-state index in [1.165, 1.54) is 7.11 Å². The van der Waals surface area contributed by atoms with Crippen LogP contribution in [-0.2, 0) is 19.1 Å². The molecule has 0 bridgehead atoms. The van der Waals surface area contributed by atoms with Gasteiger partial charge in [-0.25, -0.2) is 9.59 Å². The summed E-state index contributed by atoms with van der Waals surface area (Å²) < 4.78 is 9.64. The number of carbonyl (C=O) groups is 3. The number of nitrogens with one attached hydrogen (secondary N) is 1. The Bertz CT molecular complexity index is 571. The van der Waals surface area contributed by atoms with Crippen LogP contribution in [0.2, 0.25) is 0 Å². The molecule has 0 aromatic heterocycles. The normalized spacial score (nSPS) is 11.7. The van der Waals surface area contributed by atoms with Gasteiger partial charge in [-0.1, -0.05) is 13.8 Å². The van der Waals surface area contributed by atoms with Gasteiger partial charge in [0.2, 0.25) is 0 Å². The Morgan fingerprint density at radius 3 is 2.29 bits per heavy atom. The second kappa shape index (κ2) is 9.97. The van der Waals surface area contributed by atoms with Crippen LogP contribution in [0.25, 0.3) is 0 Å². The number of ether oxygens (including phenoxy) is 2. The van der Waals surface area contributed by atoms with Gasteiger partial charge in [0.15, 0.2) is 6.61 Å². The van der Waals surface area contributed by atoms with Crippen molar-refractivity contribution in [3.8, 4) is 0 Å². The summed E-state index contributed by atoms with van der Waals surface area (Å²) in [6, 6.07) is 6.14. The van der Waals surface area contributed by atoms with E-state index in [1.807, 2.05) is 20.1 Å². The zero-order valence-corrected chi connectivity index (χ0v) is 15.1. The minimum Gasteiger partial charge on any atom is -0.467 e. The van der Waals surface area contributed by atoms with E-state index >= 15 is 0 Å². The van der Waals surface area contributed by atoms with Gasteiger partial charge < -0.3 is 14.8 Å². The largest absolute Gasteiger partial charge is 0.467 e. The number of methoxy groups -OCH3 is 1. The molecule has 0 spiro atoms. The van der Waals surface area contributed by atoms with Crippen LogP contribution in [-0.4, -0.2) is 43.9 Å². The van der Waals surface area contributed by atoms with Crippen molar-refractivity contribution in [2.75, 3.05) is 20.0 Å². The van der Waals surface area contributed by atoms with E-state index in [2.05, 4.69) is 10.1 Å². The van der Waals surface area contributed by atoms with E-state index < -0.39 is 30.5 Å². The maximum atomic E-state index is 11.9. The maximum absolute atomic E-state index is 11.9. The number of benzene rings is 1. The van der Waals surface area contributed by atoms with Crippen molar-refractivity contribution in [2.45, 2.75) is 31.2 Å². The first-order valence-corrected chi connectivity index (χ1v) is 8.78. The Kier molecular flexibility index (Phi) is 8.32. The zero-order valence-electron chi connectivity index (χ0n) is 14.3. The van der Waals surface area contributed by atoms with Crippen molar-refractivity contribution in [2.24, 2.45) is 5.92 Å². The minimum absolute atomic E-state index is 0.201. The number of carbonyl (C=O) groups excluding carboxylic acids is 3. The standard InChI is InChI=1S/C17H23NO5S/c1-11(2)9-14(17(21)22-3)18-15(19)10-23-16(20)12-5-7-13(24-4)8-6-12/h5-8,11,14H,9-10H2,1-4H3,(H,18,19)/t14-/m0/s1. The van der Waals surface area contributed by atoms with Gasteiger partial charge in [0.1, 0.15) is 6.04 Å². The molecule has 0 heterocycles. The fraction of sp³-hybridized carbons (Fsp3) is 0.471. The molecule has 0 radical (unpaired) electrons. The molecule has 1 atom stereocenters. The molecular weight excluding hydrogens is 330 g/mol. The van der Waals surface area contributed by atoms with E-state index in [0.717, 1.165) is 4.90 Å². The molecule has 0 fully saturated rings. The monoisotopic (exact) mass is 353 g/mol. The number of amides is 1. The SMILES string of the molecule is COC(=O)[C@H](CC(C)C)NC(=O)COC(=O)c1ccc(SC)cc1. The molecular formula is C17H23NO5S. The summed E-state index contributed by atoms with van der Waals surface area (Å²) in [6.45, 7) is 3.41. The minimum atomic E-state index is -0.748. The summed E-state index contributed by atoms with van der Waals surface area (Å²) in [5, 5.41) is 2.53. The summed E-state index contributed by atoms with van der Waals surface area (Å²) in [5.41, 5.74) is 0.368. The van der Waals surface area contributed by atoms with Crippen molar-refractivity contribution in [1.82, 2.24) is 5.32 Å². The van der Waals surface area contributed by atoms with E-state index in [1.54, 1.807) is 36.0 Å². The first-order chi connectivity index (χ1) is 11.4. The highest BCUT2D eigenvalue weighted by molar-refractivity contribution is 7.98. The van der Waals surface area contributed by atoms with Gasteiger partial charge in [0.05, 0.1) is 12.7 Å². The lowest BCUT2D eigenvalue weighted by molar-refractivity contribution is -0.145. The van der Waals surface area contributed by atoms with Crippen LogP contribution in [0.15, 0.2) is 29.2 Å². The van der Waals surface area contributed by atoms with Crippen LogP contribution in [0.4, 0.5) is 0 Å². The third-order valence-corrected chi connectivity index (χ3v) is 3.93. The zero-order chi connectivity index (χ0) is 18.1. The molecule has 1 rings (SSSR count). The first kappa shape index (κ1) is 20.0. The summed E-state index contributed by atoms with van der Waals surface area (Å²) >= 11 is 1.56. The van der Waals surface area contributed by atoms with Crippen LogP contribution >= 0.6 is 11.8 Å². The Hall–Kier alpha value is -2.02. The van der Waals surface area contributed by atoms with E-state index in [4.69, 9.17) is 4.74 Å². The molecule has 1 amide bonds. The fourth-order valence-corrected chi connectivity index (χ4v) is 2.41. The van der Waals surface area contributed by atoms with Crippen LogP contribution in [0, 0.1) is 5.92 Å². The predicted octanol–water partition coefficient (Wildman–Crippen LogP) is 2.27. The summed E-state index contributed by atoms with van der Waals surface area (Å²) in [7, 11) is 1.26. The lowest BCUT2D eigenvalue weighted by Crippen LogP contribution is -2.44. The molecule has 24 heavy (non-hydrogen) atoms. The van der Waals surface area contributed by atoms with Crippen molar-refractivity contribution >= 4 is 29.6 Å². The van der Waals surface area contributed by atoms with Crippen molar-refractivity contribution < 1.29 is 23.9 Å². The van der Waals surface area contributed by atoms with Gasteiger partial charge in [-0.15, -0.1) is 11.8 Å². The number of rotatable bonds is 8. The third kappa shape index (κ3) is 6.62. The summed E-state index contributed by atoms with van der Waals surface area (Å²) in [6.07, 6.45) is 2.38. The smallest absolute Gasteiger partial charge is 0.338 e. The molecule has 1 N–H and O–H groups in total. The van der Waals surface area contributed by atoms with Crippen molar-refractivity contribution in [3.05, 3.63) is 29.8 Å². The molecule has 0 saturated heterocycles.